The van der Waals surface area contributed by atoms with Gasteiger partial charge in [0.15, 0.2) is 0 Å². The van der Waals surface area contributed by atoms with Crippen LogP contribution < -0.4 is 10.1 Å². The highest BCUT2D eigenvalue weighted by atomic mass is 16.5. The Morgan fingerprint density at radius 3 is 2.92 bits per heavy atom. The Bertz CT molecular complexity index is 950. The number of benzene rings is 2. The van der Waals surface area contributed by atoms with Gasteiger partial charge in [0, 0.05) is 11.1 Å². The Morgan fingerprint density at radius 1 is 1.27 bits per heavy atom. The fourth-order valence-corrected chi connectivity index (χ4v) is 3.26. The summed E-state index contributed by atoms with van der Waals surface area (Å²) in [5, 5.41) is 7.23. The number of hydrogen-bond donors (Lipinski definition) is 1. The lowest BCUT2D eigenvalue weighted by Crippen LogP contribution is -2.30. The van der Waals surface area contributed by atoms with E-state index in [-0.39, 0.29) is 11.9 Å². The lowest BCUT2D eigenvalue weighted by molar-refractivity contribution is 0.0929. The first-order valence-electron chi connectivity index (χ1n) is 8.57. The number of aromatic nitrogens is 3. The summed E-state index contributed by atoms with van der Waals surface area (Å²) in [6.45, 7) is 5.06. The van der Waals surface area contributed by atoms with Crippen molar-refractivity contribution in [2.75, 3.05) is 6.61 Å². The van der Waals surface area contributed by atoms with Crippen LogP contribution in [-0.4, -0.2) is 27.3 Å². The smallest absolute Gasteiger partial charge is 0.252 e. The van der Waals surface area contributed by atoms with Crippen LogP contribution in [0, 0.1) is 13.8 Å². The van der Waals surface area contributed by atoms with Crippen LogP contribution >= 0.6 is 0 Å². The predicted octanol–water partition coefficient (Wildman–Crippen LogP) is 2.81. The third-order valence-electron chi connectivity index (χ3n) is 4.84. The first-order chi connectivity index (χ1) is 12.6. The highest BCUT2D eigenvalue weighted by Gasteiger charge is 2.28. The molecular formula is C20H20N4O2. The van der Waals surface area contributed by atoms with Crippen molar-refractivity contribution < 1.29 is 9.53 Å². The summed E-state index contributed by atoms with van der Waals surface area (Å²) >= 11 is 0. The highest BCUT2D eigenvalue weighted by molar-refractivity contribution is 5.96. The maximum Gasteiger partial charge on any atom is 0.252 e. The van der Waals surface area contributed by atoms with Crippen molar-refractivity contribution in [2.45, 2.75) is 26.4 Å². The molecule has 0 spiro atoms. The summed E-state index contributed by atoms with van der Waals surface area (Å²) in [6.07, 6.45) is 3.13. The molecule has 0 saturated heterocycles. The van der Waals surface area contributed by atoms with E-state index in [1.54, 1.807) is 11.0 Å². The molecule has 6 nitrogen and oxygen atoms in total. The lowest BCUT2D eigenvalue weighted by Gasteiger charge is -2.14. The SMILES string of the molecule is Cc1ccc2c(c1C)OCC2NC(=O)c1ccccc1Cn1cncn1. The van der Waals surface area contributed by atoms with Crippen molar-refractivity contribution in [1.82, 2.24) is 20.1 Å². The fourth-order valence-electron chi connectivity index (χ4n) is 3.26. The van der Waals surface area contributed by atoms with Crippen LogP contribution in [0.2, 0.25) is 0 Å². The van der Waals surface area contributed by atoms with Gasteiger partial charge in [-0.2, -0.15) is 5.10 Å². The van der Waals surface area contributed by atoms with Gasteiger partial charge in [-0.25, -0.2) is 9.67 Å². The van der Waals surface area contributed by atoms with Crippen molar-refractivity contribution in [2.24, 2.45) is 0 Å². The molecular weight excluding hydrogens is 328 g/mol. The van der Waals surface area contributed by atoms with Gasteiger partial charge < -0.3 is 10.1 Å². The number of carbonyl (C=O) groups is 1. The highest BCUT2D eigenvalue weighted by Crippen LogP contribution is 2.36. The summed E-state index contributed by atoms with van der Waals surface area (Å²) in [4.78, 5) is 16.9. The quantitative estimate of drug-likeness (QED) is 0.787. The molecule has 0 saturated carbocycles. The molecule has 2 heterocycles. The van der Waals surface area contributed by atoms with Crippen LogP contribution in [0.3, 0.4) is 0 Å². The molecule has 0 radical (unpaired) electrons. The number of nitrogens with one attached hydrogen (secondary N) is 1. The third kappa shape index (κ3) is 2.94. The second kappa shape index (κ2) is 6.63. The monoisotopic (exact) mass is 348 g/mol. The van der Waals surface area contributed by atoms with E-state index in [0.29, 0.717) is 18.7 Å². The fraction of sp³-hybridized carbons (Fsp3) is 0.250. The first kappa shape index (κ1) is 16.3. The minimum absolute atomic E-state index is 0.111. The molecule has 1 unspecified atom stereocenters. The van der Waals surface area contributed by atoms with E-state index < -0.39 is 0 Å². The number of nitrogens with zero attached hydrogens (tertiary/aromatic N) is 3. The number of aryl methyl sites for hydroxylation is 1. The van der Waals surface area contributed by atoms with E-state index in [0.717, 1.165) is 22.4 Å². The molecule has 2 aromatic carbocycles. The van der Waals surface area contributed by atoms with Crippen LogP contribution in [0.4, 0.5) is 0 Å². The van der Waals surface area contributed by atoms with Crippen molar-refractivity contribution in [1.29, 1.82) is 0 Å². The largest absolute Gasteiger partial charge is 0.490 e. The summed E-state index contributed by atoms with van der Waals surface area (Å²) in [5.41, 5.74) is 4.89. The number of amides is 1. The van der Waals surface area contributed by atoms with Gasteiger partial charge in [-0.15, -0.1) is 0 Å². The Hall–Kier alpha value is -3.15. The Balaban J connectivity index is 1.57. The average Bonchev–Trinajstić information content (AvgIpc) is 3.29. The molecule has 1 aliphatic rings. The topological polar surface area (TPSA) is 69.0 Å². The summed E-state index contributed by atoms with van der Waals surface area (Å²) < 4.78 is 7.54. The van der Waals surface area contributed by atoms with E-state index >= 15 is 0 Å². The number of fused-ring (bicyclic) bond motifs is 1. The number of ether oxygens (including phenoxy) is 1. The van der Waals surface area contributed by atoms with Gasteiger partial charge in [0.2, 0.25) is 0 Å². The normalized spacial score (nSPS) is 15.4. The van der Waals surface area contributed by atoms with Gasteiger partial charge >= 0.3 is 0 Å². The molecule has 4 rings (SSSR count). The Kier molecular flexibility index (Phi) is 4.16. The molecule has 26 heavy (non-hydrogen) atoms. The molecule has 1 aromatic heterocycles. The van der Waals surface area contributed by atoms with Gasteiger partial charge in [0.05, 0.1) is 12.6 Å². The molecule has 0 fully saturated rings. The summed E-state index contributed by atoms with van der Waals surface area (Å²) in [5.74, 6) is 0.784. The molecule has 1 aliphatic heterocycles. The molecule has 1 amide bonds. The molecule has 1 N–H and O–H groups in total. The van der Waals surface area contributed by atoms with Crippen LogP contribution in [-0.2, 0) is 6.54 Å². The maximum atomic E-state index is 12.9. The van der Waals surface area contributed by atoms with Crippen LogP contribution in [0.1, 0.15) is 38.7 Å². The summed E-state index contributed by atoms with van der Waals surface area (Å²) in [6, 6.07) is 11.5. The van der Waals surface area contributed by atoms with Crippen LogP contribution in [0.25, 0.3) is 0 Å². The van der Waals surface area contributed by atoms with Crippen molar-refractivity contribution >= 4 is 5.91 Å². The standard InChI is InChI=1S/C20H20N4O2/c1-13-7-8-17-18(10-26-19(17)14(13)2)23-20(25)16-6-4-3-5-15(16)9-24-12-21-11-22-24/h3-8,11-12,18H,9-10H2,1-2H3,(H,23,25). The second-order valence-corrected chi connectivity index (χ2v) is 6.51. The minimum atomic E-state index is -0.142. The third-order valence-corrected chi connectivity index (χ3v) is 4.84. The Labute approximate surface area is 151 Å². The molecule has 0 bridgehead atoms. The molecule has 1 atom stereocenters. The van der Waals surface area contributed by atoms with Gasteiger partial charge in [-0.05, 0) is 36.6 Å². The van der Waals surface area contributed by atoms with Gasteiger partial charge in [-0.1, -0.05) is 30.3 Å². The summed E-state index contributed by atoms with van der Waals surface area (Å²) in [7, 11) is 0. The van der Waals surface area contributed by atoms with E-state index in [9.17, 15) is 4.79 Å². The van der Waals surface area contributed by atoms with Crippen molar-refractivity contribution in [3.05, 3.63) is 76.9 Å². The minimum Gasteiger partial charge on any atom is -0.490 e. The van der Waals surface area contributed by atoms with Crippen LogP contribution in [0.5, 0.6) is 5.75 Å². The number of hydrogen-bond acceptors (Lipinski definition) is 4. The van der Waals surface area contributed by atoms with Gasteiger partial charge in [0.25, 0.3) is 5.91 Å². The molecule has 3 aromatic rings. The predicted molar refractivity (Wildman–Crippen MR) is 97.2 cm³/mol. The molecule has 6 heteroatoms. The van der Waals surface area contributed by atoms with E-state index in [1.807, 2.05) is 37.3 Å². The maximum absolute atomic E-state index is 12.9. The van der Waals surface area contributed by atoms with Crippen molar-refractivity contribution in [3.63, 3.8) is 0 Å². The zero-order valence-electron chi connectivity index (χ0n) is 14.8. The zero-order valence-corrected chi connectivity index (χ0v) is 14.8. The van der Waals surface area contributed by atoms with E-state index in [4.69, 9.17) is 4.74 Å². The number of rotatable bonds is 4. The van der Waals surface area contributed by atoms with Crippen molar-refractivity contribution in [3.8, 4) is 5.75 Å². The lowest BCUT2D eigenvalue weighted by atomic mass is 10.0. The average molecular weight is 348 g/mol. The van der Waals surface area contributed by atoms with Gasteiger partial charge in [0.1, 0.15) is 25.0 Å². The Morgan fingerprint density at radius 2 is 2.12 bits per heavy atom. The van der Waals surface area contributed by atoms with E-state index in [2.05, 4.69) is 28.4 Å². The number of carbonyl (C=O) groups excluding carboxylic acids is 1. The zero-order chi connectivity index (χ0) is 18.1. The van der Waals surface area contributed by atoms with E-state index in [1.165, 1.54) is 11.9 Å². The first-order valence-corrected chi connectivity index (χ1v) is 8.57. The van der Waals surface area contributed by atoms with Crippen LogP contribution in [0.15, 0.2) is 49.1 Å². The molecule has 0 aliphatic carbocycles. The second-order valence-electron chi connectivity index (χ2n) is 6.51. The van der Waals surface area contributed by atoms with Gasteiger partial charge in [-0.3, -0.25) is 4.79 Å². The molecule has 132 valence electrons.